The van der Waals surface area contributed by atoms with Gasteiger partial charge in [0, 0.05) is 30.7 Å². The normalized spacial score (nSPS) is 17.1. The molecule has 1 N–H and O–H groups in total. The summed E-state index contributed by atoms with van der Waals surface area (Å²) in [5, 5.41) is 3.41. The molecule has 2 rings (SSSR count). The van der Waals surface area contributed by atoms with Crippen molar-refractivity contribution in [2.45, 2.75) is 53.0 Å². The van der Waals surface area contributed by atoms with Gasteiger partial charge in [-0.25, -0.2) is 0 Å². The van der Waals surface area contributed by atoms with E-state index < -0.39 is 0 Å². The molecule has 1 aromatic rings. The van der Waals surface area contributed by atoms with Crippen molar-refractivity contribution in [3.05, 3.63) is 29.8 Å². The summed E-state index contributed by atoms with van der Waals surface area (Å²) in [6.45, 7) is 11.3. The largest absolute Gasteiger partial charge is 0.370 e. The molecule has 0 saturated carbocycles. The fraction of sp³-hybridized carbons (Fsp3) is 0.667. The Bertz CT molecular complexity index is 400. The lowest BCUT2D eigenvalue weighted by Crippen LogP contribution is -2.56. The van der Waals surface area contributed by atoms with E-state index in [1.54, 1.807) is 0 Å². The summed E-state index contributed by atoms with van der Waals surface area (Å²) in [5.41, 5.74) is 3.40. The summed E-state index contributed by atoms with van der Waals surface area (Å²) >= 11 is 0. The molecule has 0 bridgehead atoms. The first-order chi connectivity index (χ1) is 9.73. The van der Waals surface area contributed by atoms with E-state index >= 15 is 0 Å². The Hall–Kier alpha value is -1.02. The first-order valence-corrected chi connectivity index (χ1v) is 8.27. The van der Waals surface area contributed by atoms with Crippen molar-refractivity contribution in [2.24, 2.45) is 5.41 Å². The van der Waals surface area contributed by atoms with Gasteiger partial charge in [0.05, 0.1) is 0 Å². The van der Waals surface area contributed by atoms with Crippen LogP contribution in [0.3, 0.4) is 0 Å². The molecular weight excluding hydrogens is 244 g/mol. The molecule has 0 atom stereocenters. The molecule has 1 aliphatic rings. The molecular formula is C18H30N2. The van der Waals surface area contributed by atoms with Gasteiger partial charge in [-0.3, -0.25) is 0 Å². The van der Waals surface area contributed by atoms with Crippen molar-refractivity contribution >= 4 is 5.69 Å². The molecule has 2 nitrogen and oxygen atoms in total. The SMILES string of the molecule is CCCC1(CCC)CN(c2cccc(CNCC)c2)C1. The number of hydrogen-bond acceptors (Lipinski definition) is 2. The summed E-state index contributed by atoms with van der Waals surface area (Å²) in [6.07, 6.45) is 5.39. The van der Waals surface area contributed by atoms with Gasteiger partial charge in [-0.05, 0) is 37.1 Å². The fourth-order valence-electron chi connectivity index (χ4n) is 3.58. The first-order valence-electron chi connectivity index (χ1n) is 8.27. The molecule has 0 radical (unpaired) electrons. The molecule has 1 heterocycles. The van der Waals surface area contributed by atoms with Crippen molar-refractivity contribution in [3.8, 4) is 0 Å². The Morgan fingerprint density at radius 2 is 1.80 bits per heavy atom. The average molecular weight is 274 g/mol. The average Bonchev–Trinajstić information content (AvgIpc) is 2.42. The minimum Gasteiger partial charge on any atom is -0.370 e. The maximum absolute atomic E-state index is 3.41. The van der Waals surface area contributed by atoms with Gasteiger partial charge in [0.1, 0.15) is 0 Å². The third kappa shape index (κ3) is 3.54. The number of rotatable bonds is 8. The highest BCUT2D eigenvalue weighted by molar-refractivity contribution is 5.51. The van der Waals surface area contributed by atoms with Crippen LogP contribution in [0.4, 0.5) is 5.69 Å². The Balaban J connectivity index is 1.97. The molecule has 0 unspecified atom stereocenters. The molecule has 1 saturated heterocycles. The van der Waals surface area contributed by atoms with Crippen molar-refractivity contribution in [1.82, 2.24) is 5.32 Å². The molecule has 0 aliphatic carbocycles. The number of benzene rings is 1. The summed E-state index contributed by atoms with van der Waals surface area (Å²) in [4.78, 5) is 2.56. The topological polar surface area (TPSA) is 15.3 Å². The van der Waals surface area contributed by atoms with Crippen LogP contribution in [0.1, 0.15) is 52.0 Å². The number of hydrogen-bond donors (Lipinski definition) is 1. The Morgan fingerprint density at radius 3 is 2.40 bits per heavy atom. The van der Waals surface area contributed by atoms with Crippen molar-refractivity contribution in [1.29, 1.82) is 0 Å². The monoisotopic (exact) mass is 274 g/mol. The molecule has 1 fully saturated rings. The van der Waals surface area contributed by atoms with E-state index in [1.807, 2.05) is 0 Å². The molecule has 1 aliphatic heterocycles. The van der Waals surface area contributed by atoms with E-state index in [-0.39, 0.29) is 0 Å². The van der Waals surface area contributed by atoms with E-state index in [0.717, 1.165) is 13.1 Å². The van der Waals surface area contributed by atoms with E-state index in [2.05, 4.69) is 55.3 Å². The highest BCUT2D eigenvalue weighted by Gasteiger charge is 2.41. The fourth-order valence-corrected chi connectivity index (χ4v) is 3.58. The summed E-state index contributed by atoms with van der Waals surface area (Å²) in [6, 6.07) is 9.03. The second-order valence-corrected chi connectivity index (χ2v) is 6.31. The third-order valence-electron chi connectivity index (χ3n) is 4.47. The van der Waals surface area contributed by atoms with Gasteiger partial charge in [-0.15, -0.1) is 0 Å². The quantitative estimate of drug-likeness (QED) is 0.764. The van der Waals surface area contributed by atoms with Crippen LogP contribution in [0.25, 0.3) is 0 Å². The highest BCUT2D eigenvalue weighted by Crippen LogP contribution is 2.41. The lowest BCUT2D eigenvalue weighted by Gasteiger charge is -2.52. The van der Waals surface area contributed by atoms with Crippen LogP contribution in [-0.2, 0) is 6.54 Å². The van der Waals surface area contributed by atoms with Gasteiger partial charge in [0.25, 0.3) is 0 Å². The summed E-state index contributed by atoms with van der Waals surface area (Å²) < 4.78 is 0. The van der Waals surface area contributed by atoms with E-state index in [9.17, 15) is 0 Å². The third-order valence-corrected chi connectivity index (χ3v) is 4.47. The summed E-state index contributed by atoms with van der Waals surface area (Å²) in [5.74, 6) is 0. The van der Waals surface area contributed by atoms with E-state index in [4.69, 9.17) is 0 Å². The smallest absolute Gasteiger partial charge is 0.0369 e. The van der Waals surface area contributed by atoms with Crippen molar-refractivity contribution in [3.63, 3.8) is 0 Å². The van der Waals surface area contributed by atoms with Crippen LogP contribution in [0.5, 0.6) is 0 Å². The lowest BCUT2D eigenvalue weighted by molar-refractivity contribution is 0.173. The number of nitrogens with one attached hydrogen (secondary N) is 1. The van der Waals surface area contributed by atoms with E-state index in [0.29, 0.717) is 5.41 Å². The molecule has 0 aromatic heterocycles. The first kappa shape index (κ1) is 15.4. The van der Waals surface area contributed by atoms with Crippen LogP contribution in [0.2, 0.25) is 0 Å². The lowest BCUT2D eigenvalue weighted by atomic mass is 9.72. The second-order valence-electron chi connectivity index (χ2n) is 6.31. The Labute approximate surface area is 124 Å². The zero-order valence-electron chi connectivity index (χ0n) is 13.4. The Morgan fingerprint density at radius 1 is 1.10 bits per heavy atom. The molecule has 2 heteroatoms. The maximum atomic E-state index is 3.41. The molecule has 1 aromatic carbocycles. The van der Waals surface area contributed by atoms with Crippen LogP contribution in [0.15, 0.2) is 24.3 Å². The van der Waals surface area contributed by atoms with Gasteiger partial charge in [0.2, 0.25) is 0 Å². The van der Waals surface area contributed by atoms with Crippen LogP contribution < -0.4 is 10.2 Å². The van der Waals surface area contributed by atoms with Gasteiger partial charge < -0.3 is 10.2 Å². The zero-order valence-corrected chi connectivity index (χ0v) is 13.4. The van der Waals surface area contributed by atoms with Crippen LogP contribution in [-0.4, -0.2) is 19.6 Å². The van der Waals surface area contributed by atoms with Crippen LogP contribution >= 0.6 is 0 Å². The molecule has 0 amide bonds. The minimum atomic E-state index is 0.598. The Kier molecular flexibility index (Phi) is 5.47. The standard InChI is InChI=1S/C18H30N2/c1-4-10-18(11-5-2)14-20(15-18)17-9-7-8-16(12-17)13-19-6-3/h7-9,12,19H,4-6,10-11,13-15H2,1-3H3. The van der Waals surface area contributed by atoms with Crippen molar-refractivity contribution in [2.75, 3.05) is 24.5 Å². The number of nitrogens with zero attached hydrogens (tertiary/aromatic N) is 1. The van der Waals surface area contributed by atoms with Crippen molar-refractivity contribution < 1.29 is 0 Å². The molecule has 0 spiro atoms. The molecule has 20 heavy (non-hydrogen) atoms. The van der Waals surface area contributed by atoms with Gasteiger partial charge in [0.15, 0.2) is 0 Å². The van der Waals surface area contributed by atoms with Gasteiger partial charge >= 0.3 is 0 Å². The predicted molar refractivity (Wildman–Crippen MR) is 88.3 cm³/mol. The second kappa shape index (κ2) is 7.12. The molecule has 112 valence electrons. The predicted octanol–water partition coefficient (Wildman–Crippen LogP) is 4.20. The van der Waals surface area contributed by atoms with Gasteiger partial charge in [-0.1, -0.05) is 45.7 Å². The summed E-state index contributed by atoms with van der Waals surface area (Å²) in [7, 11) is 0. The minimum absolute atomic E-state index is 0.598. The maximum Gasteiger partial charge on any atom is 0.0369 e. The highest BCUT2D eigenvalue weighted by atomic mass is 15.2. The number of anilines is 1. The van der Waals surface area contributed by atoms with Crippen LogP contribution in [0, 0.1) is 5.41 Å². The van der Waals surface area contributed by atoms with Gasteiger partial charge in [-0.2, -0.15) is 0 Å². The zero-order chi connectivity index (χ0) is 14.4. The van der Waals surface area contributed by atoms with E-state index in [1.165, 1.54) is 50.0 Å².